The first-order valence-corrected chi connectivity index (χ1v) is 23.3. The Bertz CT molecular complexity index is 3570. The number of anilines is 5. The van der Waals surface area contributed by atoms with E-state index in [0.29, 0.717) is 0 Å². The summed E-state index contributed by atoms with van der Waals surface area (Å²) < 4.78 is 7.40. The minimum absolute atomic E-state index is 0.696. The van der Waals surface area contributed by atoms with Crippen LogP contribution in [0.1, 0.15) is 59.2 Å². The van der Waals surface area contributed by atoms with E-state index in [0.717, 1.165) is 68.1 Å². The van der Waals surface area contributed by atoms with E-state index in [-0.39, 0.29) is 0 Å². The van der Waals surface area contributed by atoms with E-state index in [1.165, 1.54) is 66.4 Å². The summed E-state index contributed by atoms with van der Waals surface area (Å²) in [5.41, 5.74) is 21.5. The van der Waals surface area contributed by atoms with Crippen molar-refractivity contribution in [2.75, 3.05) is 9.80 Å². The van der Waals surface area contributed by atoms with E-state index in [1.807, 2.05) is 0 Å². The molecule has 1 aromatic heterocycles. The molecule has 0 bridgehead atoms. The van der Waals surface area contributed by atoms with Gasteiger partial charge in [-0.3, -0.25) is 0 Å². The van der Waals surface area contributed by atoms with E-state index in [4.69, 9.17) is 4.42 Å². The highest BCUT2D eigenvalue weighted by molar-refractivity contribution is 6.23. The minimum Gasteiger partial charge on any atom is -0.455 e. The van der Waals surface area contributed by atoms with Crippen molar-refractivity contribution in [3.63, 3.8) is 0 Å². The lowest BCUT2D eigenvalue weighted by atomic mass is 9.70. The molecule has 0 unspecified atom stereocenters. The molecule has 2 aliphatic carbocycles. The number of furan rings is 1. The number of hydrogen-bond acceptors (Lipinski definition) is 3. The summed E-state index contributed by atoms with van der Waals surface area (Å²) in [5, 5.41) is 4.59. The molecule has 2 aliphatic rings. The zero-order chi connectivity index (χ0) is 44.7. The lowest BCUT2D eigenvalue weighted by molar-refractivity contribution is 0.669. The molecule has 0 saturated heterocycles. The fraction of sp³-hybridized carbons (Fsp3) is 0.111. The first-order chi connectivity index (χ1) is 32.4. The molecular formula is C63H50N2O. The van der Waals surface area contributed by atoms with E-state index >= 15 is 0 Å². The number of fused-ring (bicyclic) bond motifs is 16. The van der Waals surface area contributed by atoms with Gasteiger partial charge in [-0.05, 0) is 138 Å². The van der Waals surface area contributed by atoms with Gasteiger partial charge in [-0.1, -0.05) is 165 Å². The Hall–Kier alpha value is -7.88. The van der Waals surface area contributed by atoms with Gasteiger partial charge in [0.2, 0.25) is 0 Å². The fourth-order valence-corrected chi connectivity index (χ4v) is 11.4. The Balaban J connectivity index is 1.30. The van der Waals surface area contributed by atoms with E-state index in [9.17, 15) is 0 Å². The largest absolute Gasteiger partial charge is 0.455 e. The molecule has 3 nitrogen and oxygen atoms in total. The molecule has 3 heteroatoms. The van der Waals surface area contributed by atoms with Crippen LogP contribution in [0.2, 0.25) is 0 Å². The molecule has 0 N–H and O–H groups in total. The molecule has 10 aromatic rings. The Morgan fingerprint density at radius 2 is 1.00 bits per heavy atom. The maximum absolute atomic E-state index is 7.40. The number of rotatable bonds is 8. The second-order valence-corrected chi connectivity index (χ2v) is 18.0. The van der Waals surface area contributed by atoms with Crippen LogP contribution >= 0.6 is 0 Å². The van der Waals surface area contributed by atoms with Crippen LogP contribution in [-0.2, 0) is 5.41 Å². The van der Waals surface area contributed by atoms with Gasteiger partial charge in [-0.25, -0.2) is 0 Å². The van der Waals surface area contributed by atoms with E-state index in [1.54, 1.807) is 0 Å². The fourth-order valence-electron chi connectivity index (χ4n) is 11.4. The van der Waals surface area contributed by atoms with E-state index in [2.05, 4.69) is 245 Å². The predicted octanol–water partition coefficient (Wildman–Crippen LogP) is 17.5. The summed E-state index contributed by atoms with van der Waals surface area (Å²) in [7, 11) is 0. The number of para-hydroxylation sites is 4. The molecule has 0 aliphatic heterocycles. The van der Waals surface area contributed by atoms with Gasteiger partial charge in [-0.15, -0.1) is 0 Å². The van der Waals surface area contributed by atoms with Crippen LogP contribution < -0.4 is 9.80 Å². The van der Waals surface area contributed by atoms with Crippen LogP contribution in [0.4, 0.5) is 28.4 Å². The molecule has 1 spiro atoms. The summed E-state index contributed by atoms with van der Waals surface area (Å²) >= 11 is 0. The third kappa shape index (κ3) is 5.62. The molecule has 1 heterocycles. The van der Waals surface area contributed by atoms with Crippen molar-refractivity contribution in [3.8, 4) is 22.3 Å². The van der Waals surface area contributed by atoms with Gasteiger partial charge in [0.05, 0.1) is 22.2 Å². The number of nitrogens with zero attached hydrogens (tertiary/aromatic N) is 2. The average molecular weight is 851 g/mol. The summed E-state index contributed by atoms with van der Waals surface area (Å²) in [6, 6.07) is 67.4. The number of allylic oxidation sites excluding steroid dienone is 4. The second-order valence-electron chi connectivity index (χ2n) is 18.0. The Kier molecular flexibility index (Phi) is 9.25. The quantitative estimate of drug-likeness (QED) is 0.142. The van der Waals surface area contributed by atoms with Crippen molar-refractivity contribution in [2.45, 2.75) is 46.5 Å². The molecule has 0 saturated carbocycles. The molecular weight excluding hydrogens is 801 g/mol. The van der Waals surface area contributed by atoms with E-state index < -0.39 is 5.41 Å². The topological polar surface area (TPSA) is 19.6 Å². The molecule has 0 amide bonds. The standard InChI is InChI=1S/C63H50N2O/c1-6-7-8-26-43(5)64(53-34-19-9-23-40(53)2)56-38-51-59(47-30-13-12-29-46(47)56)61-52(63(51)49-32-17-14-27-44(49)45-28-15-18-33-50(45)63)39-57(60-48-31-16-22-37-58(48)66-62(60)61)65(54-35-20-10-24-41(54)3)55-36-21-11-25-42(55)4/h7-39H,6H2,1-5H3/b8-7-,43-26+. The van der Waals surface area contributed by atoms with Crippen molar-refractivity contribution in [2.24, 2.45) is 0 Å². The SMILES string of the molecule is CC/C=C\C=C(/C)N(c1ccccc1C)c1cc2c(c3ccccc13)-c1c(cc(N(c3ccccc3C)c3ccccc3C)c3c1oc1ccccc13)C21c2ccccc2-c2ccccc21. The minimum atomic E-state index is -0.696. The van der Waals surface area contributed by atoms with Gasteiger partial charge in [0.1, 0.15) is 11.2 Å². The Labute approximate surface area is 387 Å². The van der Waals surface area contributed by atoms with Gasteiger partial charge in [0, 0.05) is 39.1 Å². The monoisotopic (exact) mass is 850 g/mol. The summed E-state index contributed by atoms with van der Waals surface area (Å²) in [6.07, 6.45) is 7.66. The molecule has 66 heavy (non-hydrogen) atoms. The summed E-state index contributed by atoms with van der Waals surface area (Å²) in [5.74, 6) is 0. The zero-order valence-corrected chi connectivity index (χ0v) is 38.1. The lowest BCUT2D eigenvalue weighted by Crippen LogP contribution is -2.27. The van der Waals surface area contributed by atoms with Crippen LogP contribution in [0, 0.1) is 20.8 Å². The Morgan fingerprint density at radius 3 is 1.62 bits per heavy atom. The highest BCUT2D eigenvalue weighted by atomic mass is 16.3. The van der Waals surface area contributed by atoms with Crippen molar-refractivity contribution in [1.82, 2.24) is 0 Å². The normalized spacial score (nSPS) is 13.4. The highest BCUT2D eigenvalue weighted by Crippen LogP contribution is 2.67. The Morgan fingerprint density at radius 1 is 0.500 bits per heavy atom. The van der Waals surface area contributed by atoms with Crippen molar-refractivity contribution < 1.29 is 4.42 Å². The van der Waals surface area contributed by atoms with Crippen LogP contribution in [-0.4, -0.2) is 0 Å². The van der Waals surface area contributed by atoms with Crippen molar-refractivity contribution in [1.29, 1.82) is 0 Å². The predicted molar refractivity (Wildman–Crippen MR) is 278 cm³/mol. The zero-order valence-electron chi connectivity index (χ0n) is 38.1. The molecule has 0 fully saturated rings. The lowest BCUT2D eigenvalue weighted by Gasteiger charge is -2.34. The third-order valence-corrected chi connectivity index (χ3v) is 14.3. The van der Waals surface area contributed by atoms with Gasteiger partial charge in [0.25, 0.3) is 0 Å². The van der Waals surface area contributed by atoms with Gasteiger partial charge in [-0.2, -0.15) is 0 Å². The first kappa shape index (κ1) is 39.7. The number of benzene rings is 9. The van der Waals surface area contributed by atoms with Gasteiger partial charge >= 0.3 is 0 Å². The van der Waals surface area contributed by atoms with Crippen molar-refractivity contribution in [3.05, 3.63) is 245 Å². The molecule has 0 atom stereocenters. The second kappa shape index (κ2) is 15.4. The molecule has 12 rings (SSSR count). The van der Waals surface area contributed by atoms with Crippen LogP contribution in [0.15, 0.2) is 210 Å². The number of aryl methyl sites for hydroxylation is 3. The van der Waals surface area contributed by atoms with Gasteiger partial charge < -0.3 is 14.2 Å². The maximum atomic E-state index is 7.40. The summed E-state index contributed by atoms with van der Waals surface area (Å²) in [4.78, 5) is 4.99. The van der Waals surface area contributed by atoms with Crippen molar-refractivity contribution >= 4 is 61.1 Å². The summed E-state index contributed by atoms with van der Waals surface area (Å²) in [6.45, 7) is 11.1. The highest BCUT2D eigenvalue weighted by Gasteiger charge is 2.54. The van der Waals surface area contributed by atoms with Gasteiger partial charge in [0.15, 0.2) is 0 Å². The molecule has 318 valence electrons. The van der Waals surface area contributed by atoms with Crippen LogP contribution in [0.25, 0.3) is 55.0 Å². The average Bonchev–Trinajstić information content (AvgIpc) is 3.98. The van der Waals surface area contributed by atoms with Crippen LogP contribution in [0.5, 0.6) is 0 Å². The maximum Gasteiger partial charge on any atom is 0.145 e. The molecule has 0 radical (unpaired) electrons. The third-order valence-electron chi connectivity index (χ3n) is 14.3. The smallest absolute Gasteiger partial charge is 0.145 e. The first-order valence-electron chi connectivity index (χ1n) is 23.3. The number of hydrogen-bond donors (Lipinski definition) is 0. The van der Waals surface area contributed by atoms with Crippen LogP contribution in [0.3, 0.4) is 0 Å². The molecule has 9 aromatic carbocycles.